The highest BCUT2D eigenvalue weighted by atomic mass is 79.9. The van der Waals surface area contributed by atoms with E-state index in [9.17, 15) is 5.11 Å². The van der Waals surface area contributed by atoms with E-state index < -0.39 is 0 Å². The van der Waals surface area contributed by atoms with Crippen molar-refractivity contribution in [2.45, 2.75) is 13.0 Å². The van der Waals surface area contributed by atoms with Crippen molar-refractivity contribution in [3.8, 4) is 5.75 Å². The number of benzene rings is 1. The Kier molecular flexibility index (Phi) is 4.38. The molecule has 96 valence electrons. The molecule has 2 N–H and O–H groups in total. The maximum Gasteiger partial charge on any atom is 0.134 e. The monoisotopic (exact) mass is 309 g/mol. The SMILES string of the molecule is Cn1ccc(CCNCc2cccc(Br)c2O)n1. The number of nitrogens with one attached hydrogen (secondary N) is 1. The van der Waals surface area contributed by atoms with Gasteiger partial charge in [0.25, 0.3) is 0 Å². The standard InChI is InChI=1S/C13H16BrN3O/c1-17-8-6-11(16-17)5-7-15-9-10-3-2-4-12(14)13(10)18/h2-4,6,8,15,18H,5,7,9H2,1H3. The fourth-order valence-electron chi connectivity index (χ4n) is 1.74. The van der Waals surface area contributed by atoms with Crippen molar-refractivity contribution >= 4 is 15.9 Å². The Labute approximate surface area is 115 Å². The zero-order chi connectivity index (χ0) is 13.0. The molecule has 0 radical (unpaired) electrons. The minimum atomic E-state index is 0.308. The third-order valence-corrected chi connectivity index (χ3v) is 3.35. The molecule has 0 spiro atoms. The van der Waals surface area contributed by atoms with Gasteiger partial charge in [-0.15, -0.1) is 0 Å². The molecule has 0 unspecified atom stereocenters. The van der Waals surface area contributed by atoms with Crippen molar-refractivity contribution in [3.63, 3.8) is 0 Å². The van der Waals surface area contributed by atoms with Crippen LogP contribution in [0.2, 0.25) is 0 Å². The van der Waals surface area contributed by atoms with E-state index in [0.717, 1.165) is 28.7 Å². The van der Waals surface area contributed by atoms with E-state index in [4.69, 9.17) is 0 Å². The first-order valence-corrected chi connectivity index (χ1v) is 6.61. The number of hydrogen-bond acceptors (Lipinski definition) is 3. The molecule has 0 aliphatic rings. The van der Waals surface area contributed by atoms with Gasteiger partial charge in [0.1, 0.15) is 5.75 Å². The average Bonchev–Trinajstić information content (AvgIpc) is 2.76. The lowest BCUT2D eigenvalue weighted by Gasteiger charge is -2.07. The molecule has 2 rings (SSSR count). The maximum absolute atomic E-state index is 9.81. The summed E-state index contributed by atoms with van der Waals surface area (Å²) in [4.78, 5) is 0. The van der Waals surface area contributed by atoms with Crippen LogP contribution in [-0.4, -0.2) is 21.4 Å². The highest BCUT2D eigenvalue weighted by molar-refractivity contribution is 9.10. The van der Waals surface area contributed by atoms with Crippen molar-refractivity contribution in [3.05, 3.63) is 46.2 Å². The van der Waals surface area contributed by atoms with Crippen molar-refractivity contribution in [2.75, 3.05) is 6.54 Å². The van der Waals surface area contributed by atoms with E-state index in [0.29, 0.717) is 12.3 Å². The summed E-state index contributed by atoms with van der Waals surface area (Å²) >= 11 is 3.30. The predicted molar refractivity (Wildman–Crippen MR) is 74.4 cm³/mol. The van der Waals surface area contributed by atoms with Crippen LogP contribution in [0.25, 0.3) is 0 Å². The van der Waals surface area contributed by atoms with E-state index in [1.54, 1.807) is 4.68 Å². The highest BCUT2D eigenvalue weighted by Crippen LogP contribution is 2.27. The van der Waals surface area contributed by atoms with E-state index in [-0.39, 0.29) is 0 Å². The third-order valence-electron chi connectivity index (χ3n) is 2.71. The molecule has 0 atom stereocenters. The second-order valence-electron chi connectivity index (χ2n) is 4.16. The molecule has 0 fully saturated rings. The van der Waals surface area contributed by atoms with E-state index in [2.05, 4.69) is 26.3 Å². The molecule has 5 heteroatoms. The van der Waals surface area contributed by atoms with Crippen LogP contribution in [-0.2, 0) is 20.0 Å². The fourth-order valence-corrected chi connectivity index (χ4v) is 2.15. The van der Waals surface area contributed by atoms with Crippen LogP contribution in [0, 0.1) is 0 Å². The molecule has 1 heterocycles. The van der Waals surface area contributed by atoms with Gasteiger partial charge in [-0.25, -0.2) is 0 Å². The molecule has 0 aliphatic carbocycles. The fraction of sp³-hybridized carbons (Fsp3) is 0.308. The molecule has 0 aliphatic heterocycles. The Balaban J connectivity index is 1.80. The summed E-state index contributed by atoms with van der Waals surface area (Å²) in [7, 11) is 1.91. The zero-order valence-electron chi connectivity index (χ0n) is 10.2. The quantitative estimate of drug-likeness (QED) is 0.833. The smallest absolute Gasteiger partial charge is 0.134 e. The summed E-state index contributed by atoms with van der Waals surface area (Å²) in [6.07, 6.45) is 2.82. The molecule has 0 saturated heterocycles. The van der Waals surface area contributed by atoms with Gasteiger partial charge in [0.2, 0.25) is 0 Å². The van der Waals surface area contributed by atoms with Crippen LogP contribution < -0.4 is 5.32 Å². The van der Waals surface area contributed by atoms with Gasteiger partial charge in [-0.1, -0.05) is 12.1 Å². The van der Waals surface area contributed by atoms with Crippen LogP contribution in [0.4, 0.5) is 0 Å². The van der Waals surface area contributed by atoms with Crippen LogP contribution in [0.3, 0.4) is 0 Å². The second-order valence-corrected chi connectivity index (χ2v) is 5.01. The lowest BCUT2D eigenvalue weighted by Crippen LogP contribution is -2.17. The Hall–Kier alpha value is -1.33. The molecule has 2 aromatic rings. The second kappa shape index (κ2) is 6.02. The highest BCUT2D eigenvalue weighted by Gasteiger charge is 2.04. The number of aryl methyl sites for hydroxylation is 1. The van der Waals surface area contributed by atoms with Gasteiger partial charge in [-0.3, -0.25) is 4.68 Å². The minimum absolute atomic E-state index is 0.308. The molecular weight excluding hydrogens is 294 g/mol. The molecular formula is C13H16BrN3O. The lowest BCUT2D eigenvalue weighted by atomic mass is 10.2. The summed E-state index contributed by atoms with van der Waals surface area (Å²) in [5.41, 5.74) is 1.97. The van der Waals surface area contributed by atoms with Gasteiger partial charge < -0.3 is 10.4 Å². The largest absolute Gasteiger partial charge is 0.506 e. The number of para-hydroxylation sites is 1. The number of rotatable bonds is 5. The number of phenols is 1. The normalized spacial score (nSPS) is 10.8. The molecule has 0 bridgehead atoms. The summed E-state index contributed by atoms with van der Waals surface area (Å²) < 4.78 is 2.53. The van der Waals surface area contributed by atoms with Crippen LogP contribution in [0.15, 0.2) is 34.9 Å². The van der Waals surface area contributed by atoms with Crippen LogP contribution in [0.5, 0.6) is 5.75 Å². The van der Waals surface area contributed by atoms with Gasteiger partial charge in [0.05, 0.1) is 10.2 Å². The molecule has 1 aromatic heterocycles. The Morgan fingerprint density at radius 1 is 1.39 bits per heavy atom. The average molecular weight is 310 g/mol. The number of hydrogen-bond donors (Lipinski definition) is 2. The number of aromatic hydroxyl groups is 1. The van der Waals surface area contributed by atoms with Gasteiger partial charge >= 0.3 is 0 Å². The number of phenolic OH excluding ortho intramolecular Hbond substituents is 1. The topological polar surface area (TPSA) is 50.1 Å². The first-order valence-electron chi connectivity index (χ1n) is 5.82. The number of nitrogens with zero attached hydrogens (tertiary/aromatic N) is 2. The van der Waals surface area contributed by atoms with Gasteiger partial charge in [-0.05, 0) is 28.1 Å². The number of halogens is 1. The molecule has 0 saturated carbocycles. The Morgan fingerprint density at radius 3 is 2.94 bits per heavy atom. The molecule has 0 amide bonds. The Bertz CT molecular complexity index is 525. The number of aromatic nitrogens is 2. The minimum Gasteiger partial charge on any atom is -0.506 e. The zero-order valence-corrected chi connectivity index (χ0v) is 11.8. The maximum atomic E-state index is 9.81. The van der Waals surface area contributed by atoms with E-state index in [1.807, 2.05) is 37.5 Å². The lowest BCUT2D eigenvalue weighted by molar-refractivity contribution is 0.461. The summed E-state index contributed by atoms with van der Waals surface area (Å²) in [5.74, 6) is 0.308. The van der Waals surface area contributed by atoms with Crippen molar-refractivity contribution in [1.82, 2.24) is 15.1 Å². The van der Waals surface area contributed by atoms with Crippen LogP contribution >= 0.6 is 15.9 Å². The third kappa shape index (κ3) is 3.34. The summed E-state index contributed by atoms with van der Waals surface area (Å²) in [6, 6.07) is 7.67. The van der Waals surface area contributed by atoms with Gasteiger partial charge in [0, 0.05) is 38.3 Å². The molecule has 18 heavy (non-hydrogen) atoms. The van der Waals surface area contributed by atoms with Crippen molar-refractivity contribution < 1.29 is 5.11 Å². The first kappa shape index (κ1) is 13.1. The van der Waals surface area contributed by atoms with Crippen molar-refractivity contribution in [2.24, 2.45) is 7.05 Å². The predicted octanol–water partition coefficient (Wildman–Crippen LogP) is 2.22. The van der Waals surface area contributed by atoms with E-state index in [1.165, 1.54) is 0 Å². The molecule has 4 nitrogen and oxygen atoms in total. The first-order chi connectivity index (χ1) is 8.66. The van der Waals surface area contributed by atoms with E-state index >= 15 is 0 Å². The van der Waals surface area contributed by atoms with Crippen LogP contribution in [0.1, 0.15) is 11.3 Å². The van der Waals surface area contributed by atoms with Gasteiger partial charge in [-0.2, -0.15) is 5.10 Å². The van der Waals surface area contributed by atoms with Gasteiger partial charge in [0.15, 0.2) is 0 Å². The molecule has 1 aromatic carbocycles. The Morgan fingerprint density at radius 2 is 2.22 bits per heavy atom. The summed E-state index contributed by atoms with van der Waals surface area (Å²) in [5, 5.41) is 17.4. The van der Waals surface area contributed by atoms with Crippen molar-refractivity contribution in [1.29, 1.82) is 0 Å². The summed E-state index contributed by atoms with van der Waals surface area (Å²) in [6.45, 7) is 1.49.